The maximum atomic E-state index is 8.44. The van der Waals surface area contributed by atoms with Gasteiger partial charge in [-0.15, -0.1) is 0 Å². The van der Waals surface area contributed by atoms with Crippen LogP contribution in [0.1, 0.15) is 0 Å². The van der Waals surface area contributed by atoms with Crippen molar-refractivity contribution in [1.29, 1.82) is 0 Å². The Kier molecular flexibility index (Phi) is 6.22. The van der Waals surface area contributed by atoms with Crippen molar-refractivity contribution < 1.29 is 0 Å². The summed E-state index contributed by atoms with van der Waals surface area (Å²) in [5.74, 6) is 0. The molecule has 0 amide bonds. The molecule has 48 heavy (non-hydrogen) atoms. The average Bonchev–Trinajstić information content (AvgIpc) is 3.67. The van der Waals surface area contributed by atoms with Crippen LogP contribution >= 0.6 is 0 Å². The summed E-state index contributed by atoms with van der Waals surface area (Å²) >= 11 is 0. The Morgan fingerprint density at radius 3 is 1.58 bits per heavy atom. The summed E-state index contributed by atoms with van der Waals surface area (Å²) in [7, 11) is 0. The van der Waals surface area contributed by atoms with Crippen molar-refractivity contribution in [1.82, 2.24) is 9.13 Å². The molecular formula is C44H26N4. The quantitative estimate of drug-likeness (QED) is 0.177. The summed E-state index contributed by atoms with van der Waals surface area (Å²) < 4.78 is 4.53. The minimum Gasteiger partial charge on any atom is -0.318 e. The van der Waals surface area contributed by atoms with Gasteiger partial charge in [0, 0.05) is 21.8 Å². The molecule has 9 aromatic rings. The van der Waals surface area contributed by atoms with Gasteiger partial charge in [0.25, 0.3) is 0 Å². The van der Waals surface area contributed by atoms with Crippen molar-refractivity contribution in [3.05, 3.63) is 181 Å². The number of hydrogen-bond acceptors (Lipinski definition) is 0. The number of benzene rings is 7. The molecule has 0 atom stereocenters. The molecule has 2 aromatic heterocycles. The van der Waals surface area contributed by atoms with Crippen molar-refractivity contribution in [3.8, 4) is 33.6 Å². The Hall–Kier alpha value is -6.88. The van der Waals surface area contributed by atoms with Crippen LogP contribution in [0.15, 0.2) is 158 Å². The van der Waals surface area contributed by atoms with Gasteiger partial charge in [0.05, 0.1) is 40.9 Å². The maximum absolute atomic E-state index is 8.44. The third-order valence-corrected chi connectivity index (χ3v) is 9.34. The smallest absolute Gasteiger partial charge is 0.211 e. The molecule has 0 bridgehead atoms. The van der Waals surface area contributed by atoms with Crippen LogP contribution < -0.4 is 0 Å². The molecule has 7 aromatic carbocycles. The van der Waals surface area contributed by atoms with E-state index in [2.05, 4.69) is 122 Å². The lowest BCUT2D eigenvalue weighted by atomic mass is 9.95. The number of nitrogens with zero attached hydrogens (tertiary/aromatic N) is 4. The van der Waals surface area contributed by atoms with Gasteiger partial charge in [0.2, 0.25) is 5.69 Å². The Morgan fingerprint density at radius 2 is 0.958 bits per heavy atom. The molecule has 0 unspecified atom stereocenters. The van der Waals surface area contributed by atoms with Crippen LogP contribution in [0, 0.1) is 13.1 Å². The van der Waals surface area contributed by atoms with Gasteiger partial charge in [-0.25, -0.2) is 9.69 Å². The van der Waals surface area contributed by atoms with E-state index in [1.165, 1.54) is 10.8 Å². The molecule has 9 rings (SSSR count). The molecule has 0 aliphatic carbocycles. The lowest BCUT2D eigenvalue weighted by Crippen LogP contribution is -1.99. The fourth-order valence-electron chi connectivity index (χ4n) is 7.22. The zero-order chi connectivity index (χ0) is 32.2. The third kappa shape index (κ3) is 4.14. The monoisotopic (exact) mass is 610 g/mol. The van der Waals surface area contributed by atoms with Crippen LogP contribution in [-0.4, -0.2) is 9.13 Å². The summed E-state index contributed by atoms with van der Waals surface area (Å²) in [5, 5.41) is 4.50. The zero-order valence-electron chi connectivity index (χ0n) is 25.8. The first-order chi connectivity index (χ1) is 23.7. The van der Waals surface area contributed by atoms with Crippen LogP contribution in [0.5, 0.6) is 0 Å². The van der Waals surface area contributed by atoms with Crippen LogP contribution in [0.2, 0.25) is 0 Å². The fraction of sp³-hybridized carbons (Fsp3) is 0. The second kappa shape index (κ2) is 10.9. The molecule has 0 spiro atoms. The van der Waals surface area contributed by atoms with Gasteiger partial charge in [-0.3, -0.25) is 0 Å². The van der Waals surface area contributed by atoms with Gasteiger partial charge in [-0.2, -0.15) is 0 Å². The highest BCUT2D eigenvalue weighted by Gasteiger charge is 2.21. The first-order valence-corrected chi connectivity index (χ1v) is 15.8. The van der Waals surface area contributed by atoms with Crippen molar-refractivity contribution in [2.75, 3.05) is 0 Å². The number of hydrogen-bond donors (Lipinski definition) is 0. The lowest BCUT2D eigenvalue weighted by molar-refractivity contribution is 1.17. The van der Waals surface area contributed by atoms with Crippen molar-refractivity contribution >= 4 is 55.0 Å². The minimum atomic E-state index is 0.565. The summed E-state index contributed by atoms with van der Waals surface area (Å²) in [4.78, 5) is 7.86. The molecule has 0 radical (unpaired) electrons. The van der Waals surface area contributed by atoms with Gasteiger partial charge >= 0.3 is 0 Å². The van der Waals surface area contributed by atoms with Crippen molar-refractivity contribution in [2.24, 2.45) is 0 Å². The third-order valence-electron chi connectivity index (χ3n) is 9.34. The van der Waals surface area contributed by atoms with Crippen molar-refractivity contribution in [2.45, 2.75) is 0 Å². The highest BCUT2D eigenvalue weighted by molar-refractivity contribution is 6.12. The fourth-order valence-corrected chi connectivity index (χ4v) is 7.22. The Balaban J connectivity index is 1.32. The predicted octanol–water partition coefficient (Wildman–Crippen LogP) is 12.3. The molecule has 4 nitrogen and oxygen atoms in total. The van der Waals surface area contributed by atoms with E-state index in [9.17, 15) is 0 Å². The molecule has 0 fully saturated rings. The van der Waals surface area contributed by atoms with Gasteiger partial charge in [0.15, 0.2) is 5.69 Å². The van der Waals surface area contributed by atoms with Gasteiger partial charge in [-0.1, -0.05) is 103 Å². The summed E-state index contributed by atoms with van der Waals surface area (Å²) in [6, 6.07) is 54.3. The molecule has 0 N–H and O–H groups in total. The Bertz CT molecular complexity index is 2730. The zero-order valence-corrected chi connectivity index (χ0v) is 25.8. The number of rotatable bonds is 4. The van der Waals surface area contributed by atoms with Crippen molar-refractivity contribution in [3.63, 3.8) is 0 Å². The molecule has 222 valence electrons. The van der Waals surface area contributed by atoms with E-state index in [4.69, 9.17) is 13.1 Å². The summed E-state index contributed by atoms with van der Waals surface area (Å²) in [5.41, 5.74) is 11.4. The minimum absolute atomic E-state index is 0.565. The van der Waals surface area contributed by atoms with E-state index in [-0.39, 0.29) is 0 Å². The Labute approximate surface area is 277 Å². The second-order valence-electron chi connectivity index (χ2n) is 12.0. The normalized spacial score (nSPS) is 11.3. The first-order valence-electron chi connectivity index (χ1n) is 15.8. The average molecular weight is 611 g/mol. The standard InChI is InChI=1S/C44H26N4/c1-45-32-22-25-43-38(28-32)36-16-8-11-19-42(36)48(43)44-37(26-31(27-39(44)46-2)29-12-4-3-5-13-29)30-20-23-33(24-21-30)47-40-17-9-6-14-34(40)35-15-7-10-18-41(35)47/h3-28H. The van der Waals surface area contributed by atoms with Crippen LogP contribution in [0.25, 0.3) is 86.9 Å². The van der Waals surface area contributed by atoms with Gasteiger partial charge < -0.3 is 9.13 Å². The largest absolute Gasteiger partial charge is 0.318 e. The molecule has 0 aliphatic rings. The van der Waals surface area contributed by atoms with Crippen LogP contribution in [0.3, 0.4) is 0 Å². The highest BCUT2D eigenvalue weighted by Crippen LogP contribution is 2.44. The Morgan fingerprint density at radius 1 is 0.396 bits per heavy atom. The highest BCUT2D eigenvalue weighted by atomic mass is 15.0. The number of fused-ring (bicyclic) bond motifs is 6. The molecule has 0 aliphatic heterocycles. The molecule has 4 heteroatoms. The van der Waals surface area contributed by atoms with Gasteiger partial charge in [-0.05, 0) is 82.2 Å². The summed E-state index contributed by atoms with van der Waals surface area (Å²) in [6.07, 6.45) is 0. The van der Waals surface area contributed by atoms with Crippen LogP contribution in [-0.2, 0) is 0 Å². The van der Waals surface area contributed by atoms with E-state index in [0.717, 1.165) is 66.5 Å². The van der Waals surface area contributed by atoms with Gasteiger partial charge in [0.1, 0.15) is 0 Å². The number of para-hydroxylation sites is 3. The van der Waals surface area contributed by atoms with E-state index < -0.39 is 0 Å². The summed E-state index contributed by atoms with van der Waals surface area (Å²) in [6.45, 7) is 16.1. The molecular weight excluding hydrogens is 585 g/mol. The molecule has 0 saturated carbocycles. The molecule has 2 heterocycles. The topological polar surface area (TPSA) is 18.6 Å². The van der Waals surface area contributed by atoms with E-state index >= 15 is 0 Å². The van der Waals surface area contributed by atoms with E-state index in [1.54, 1.807) is 0 Å². The predicted molar refractivity (Wildman–Crippen MR) is 199 cm³/mol. The molecule has 0 saturated heterocycles. The SMILES string of the molecule is [C-]#[N+]c1ccc2c(c1)c1ccccc1n2-c1c([N+]#[C-])cc(-c2ccccc2)cc1-c1ccc(-n2c3ccccc3c3ccccc32)cc1. The first kappa shape index (κ1) is 27.4. The second-order valence-corrected chi connectivity index (χ2v) is 12.0. The number of aromatic nitrogens is 2. The van der Waals surface area contributed by atoms with E-state index in [1.807, 2.05) is 54.6 Å². The maximum Gasteiger partial charge on any atom is 0.211 e. The lowest BCUT2D eigenvalue weighted by Gasteiger charge is -2.19. The van der Waals surface area contributed by atoms with Crippen LogP contribution in [0.4, 0.5) is 11.4 Å². The van der Waals surface area contributed by atoms with E-state index in [0.29, 0.717) is 11.4 Å².